The summed E-state index contributed by atoms with van der Waals surface area (Å²) < 4.78 is 29.2. The minimum atomic E-state index is -0.676. The molecule has 0 saturated heterocycles. The highest BCUT2D eigenvalue weighted by molar-refractivity contribution is 6.36. The summed E-state index contributed by atoms with van der Waals surface area (Å²) in [6.07, 6.45) is 5.91. The molecule has 0 bridgehead atoms. The number of amides is 2. The number of ether oxygens (including phenoxy) is 4. The molecular weight excluding hydrogens is 699 g/mol. The van der Waals surface area contributed by atoms with E-state index in [0.717, 1.165) is 27.5 Å². The van der Waals surface area contributed by atoms with Gasteiger partial charge in [-0.2, -0.15) is 4.68 Å². The van der Waals surface area contributed by atoms with Crippen LogP contribution < -0.4 is 25.3 Å². The summed E-state index contributed by atoms with van der Waals surface area (Å²) in [5.41, 5.74) is 1.58. The summed E-state index contributed by atoms with van der Waals surface area (Å²) in [6.45, 7) is 12.0. The fourth-order valence-corrected chi connectivity index (χ4v) is 5.68. The van der Waals surface area contributed by atoms with Crippen LogP contribution >= 0.6 is 23.2 Å². The smallest absolute Gasteiger partial charge is 0.442 e. The molecule has 0 radical (unpaired) electrons. The summed E-state index contributed by atoms with van der Waals surface area (Å²) in [6, 6.07) is 15.5. The van der Waals surface area contributed by atoms with E-state index in [4.69, 9.17) is 57.8 Å². The minimum absolute atomic E-state index is 0.0434. The van der Waals surface area contributed by atoms with Crippen LogP contribution in [0, 0.1) is 12.3 Å². The van der Waals surface area contributed by atoms with Gasteiger partial charge >= 0.3 is 11.8 Å². The zero-order valence-corrected chi connectivity index (χ0v) is 31.6. The highest BCUT2D eigenvalue weighted by Gasteiger charge is 2.42. The second-order valence-electron chi connectivity index (χ2n) is 13.5. The Morgan fingerprint density at radius 3 is 2.31 bits per heavy atom. The van der Waals surface area contributed by atoms with Gasteiger partial charge in [-0.3, -0.25) is 4.84 Å². The van der Waals surface area contributed by atoms with E-state index in [0.29, 0.717) is 34.5 Å². The summed E-state index contributed by atoms with van der Waals surface area (Å²) in [4.78, 5) is 28.7. The molecule has 1 aliphatic heterocycles. The molecule has 1 aliphatic rings. The van der Waals surface area contributed by atoms with Gasteiger partial charge < -0.3 is 28.7 Å². The van der Waals surface area contributed by atoms with Crippen LogP contribution in [0.5, 0.6) is 23.0 Å². The van der Waals surface area contributed by atoms with E-state index in [1.165, 1.54) is 26.3 Å². The Kier molecular flexibility index (Phi) is 12.0. The lowest BCUT2D eigenvalue weighted by atomic mass is 9.76. The zero-order valence-electron chi connectivity index (χ0n) is 30.1. The van der Waals surface area contributed by atoms with E-state index in [-0.39, 0.29) is 28.1 Å². The summed E-state index contributed by atoms with van der Waals surface area (Å²) in [7, 11) is 4.61. The Morgan fingerprint density at radius 1 is 1.06 bits per heavy atom. The predicted molar refractivity (Wildman–Crippen MR) is 196 cm³/mol. The van der Waals surface area contributed by atoms with E-state index in [1.54, 1.807) is 31.4 Å². The Balaban J connectivity index is 0.000000238. The molecule has 1 N–H and O–H groups in total. The normalized spacial score (nSPS) is 16.0. The average molecular weight is 742 g/mol. The van der Waals surface area contributed by atoms with Crippen molar-refractivity contribution >= 4 is 34.9 Å². The largest absolute Gasteiger partial charge is 0.479 e. The molecule has 51 heavy (non-hydrogen) atoms. The van der Waals surface area contributed by atoms with Crippen molar-refractivity contribution in [3.63, 3.8) is 0 Å². The number of hydroxylamine groups is 2. The van der Waals surface area contributed by atoms with Crippen LogP contribution in [-0.2, 0) is 20.4 Å². The van der Waals surface area contributed by atoms with Crippen LogP contribution in [0.4, 0.5) is 10.5 Å². The average Bonchev–Trinajstić information content (AvgIpc) is 3.46. The number of carbonyl (C=O) groups excluding carboxylic acids is 1. The van der Waals surface area contributed by atoms with Gasteiger partial charge in [0, 0.05) is 56.3 Å². The third-order valence-electron chi connectivity index (χ3n) is 7.83. The van der Waals surface area contributed by atoms with Gasteiger partial charge in [0.15, 0.2) is 0 Å². The second-order valence-corrected chi connectivity index (χ2v) is 14.3. The van der Waals surface area contributed by atoms with Crippen molar-refractivity contribution in [1.82, 2.24) is 14.8 Å². The number of carbonyl (C=O) groups is 1. The van der Waals surface area contributed by atoms with Crippen molar-refractivity contribution in [1.29, 1.82) is 0 Å². The number of terminal acetylenes is 1. The number of anilines is 1. The molecule has 14 heteroatoms. The van der Waals surface area contributed by atoms with Gasteiger partial charge in [-0.1, -0.05) is 69.8 Å². The van der Waals surface area contributed by atoms with Crippen molar-refractivity contribution in [2.75, 3.05) is 33.2 Å². The Labute approximate surface area is 307 Å². The molecule has 1 unspecified atom stereocenters. The number of rotatable bonds is 8. The van der Waals surface area contributed by atoms with Crippen LogP contribution in [0.25, 0.3) is 5.69 Å². The van der Waals surface area contributed by atoms with Crippen molar-refractivity contribution in [3.8, 4) is 41.0 Å². The highest BCUT2D eigenvalue weighted by Crippen LogP contribution is 2.46. The van der Waals surface area contributed by atoms with Gasteiger partial charge in [-0.15, -0.1) is 11.5 Å². The molecule has 0 aliphatic carbocycles. The van der Waals surface area contributed by atoms with Crippen molar-refractivity contribution in [2.24, 2.45) is 0 Å². The maximum absolute atomic E-state index is 12.0. The number of benzene rings is 3. The molecule has 2 amide bonds. The molecule has 0 spiro atoms. The van der Waals surface area contributed by atoms with Crippen molar-refractivity contribution in [3.05, 3.63) is 86.6 Å². The molecule has 3 aromatic carbocycles. The van der Waals surface area contributed by atoms with Gasteiger partial charge in [0.2, 0.25) is 11.7 Å². The highest BCUT2D eigenvalue weighted by atomic mass is 35.5. The quantitative estimate of drug-likeness (QED) is 0.140. The molecule has 2 heterocycles. The van der Waals surface area contributed by atoms with E-state index >= 15 is 0 Å². The molecule has 272 valence electrons. The van der Waals surface area contributed by atoms with Crippen molar-refractivity contribution < 1.29 is 33.0 Å². The first-order valence-corrected chi connectivity index (χ1v) is 16.6. The number of fused-ring (bicyclic) bond motifs is 1. The number of hydrogen-bond donors (Lipinski definition) is 1. The molecular formula is C37H42Cl2N4O8. The molecule has 1 atom stereocenters. The molecule has 1 aromatic heterocycles. The van der Waals surface area contributed by atoms with Crippen LogP contribution in [0.15, 0.2) is 63.8 Å². The lowest BCUT2D eigenvalue weighted by Gasteiger charge is -2.43. The van der Waals surface area contributed by atoms with Gasteiger partial charge in [0.05, 0.1) is 22.8 Å². The standard InChI is InChI=1S/C22H28N2O5.C15H14Cl2N2O3/c1-21(2)14-22(3,26-5)29-19-13-17(11-12-18(19)21)28-16-9-7-15(8-10-16)23-20(25)24(4)27-6;1-5-6-21-12-8-11(9(16)7-10(12)17)19-14(20)22-13(18-19)15(2,3)4/h7-13H,14H2,1-6H3,(H,23,25);1,7-8H,6H2,2-4H3. The van der Waals surface area contributed by atoms with Gasteiger partial charge in [-0.05, 0) is 41.8 Å². The molecule has 12 nitrogen and oxygen atoms in total. The first kappa shape index (κ1) is 39.1. The number of urea groups is 1. The Morgan fingerprint density at radius 2 is 1.73 bits per heavy atom. The molecule has 4 aromatic rings. The second kappa shape index (κ2) is 15.7. The monoisotopic (exact) mass is 740 g/mol. The lowest BCUT2D eigenvalue weighted by Crippen LogP contribution is -2.45. The number of nitrogens with zero attached hydrogens (tertiary/aromatic N) is 3. The van der Waals surface area contributed by atoms with E-state index in [2.05, 4.69) is 30.2 Å². The summed E-state index contributed by atoms with van der Waals surface area (Å²) >= 11 is 12.2. The number of hydrogen-bond acceptors (Lipinski definition) is 9. The van der Waals surface area contributed by atoms with E-state index in [1.807, 2.05) is 45.9 Å². The zero-order chi connectivity index (χ0) is 37.7. The van der Waals surface area contributed by atoms with Gasteiger partial charge in [-0.25, -0.2) is 14.7 Å². The first-order chi connectivity index (χ1) is 23.9. The van der Waals surface area contributed by atoms with Crippen LogP contribution in [-0.4, -0.2) is 54.5 Å². The lowest BCUT2D eigenvalue weighted by molar-refractivity contribution is -0.172. The Bertz CT molecular complexity index is 1960. The maximum Gasteiger partial charge on any atom is 0.442 e. The van der Waals surface area contributed by atoms with Gasteiger partial charge in [0.1, 0.15) is 29.6 Å². The summed E-state index contributed by atoms with van der Waals surface area (Å²) in [5.74, 6) is 3.70. The van der Waals surface area contributed by atoms with Crippen LogP contribution in [0.3, 0.4) is 0 Å². The third-order valence-corrected chi connectivity index (χ3v) is 8.43. The SMILES string of the molecule is C#CCOc1cc(-n2nc(C(C)(C)C)oc2=O)c(Cl)cc1Cl.CON(C)C(=O)Nc1ccc(Oc2ccc3c(c2)OC(C)(OC)CC3(C)C)cc1. The molecule has 5 rings (SSSR count). The number of halogens is 2. The topological polar surface area (TPSA) is 127 Å². The number of methoxy groups -OCH3 is 1. The first-order valence-electron chi connectivity index (χ1n) is 15.8. The van der Waals surface area contributed by atoms with Gasteiger partial charge in [0.25, 0.3) is 0 Å². The molecule has 0 saturated carbocycles. The predicted octanol–water partition coefficient (Wildman–Crippen LogP) is 8.37. The Hall–Kier alpha value is -4.67. The van der Waals surface area contributed by atoms with E-state index in [9.17, 15) is 9.59 Å². The summed E-state index contributed by atoms with van der Waals surface area (Å²) in [5, 5.41) is 8.54. The third kappa shape index (κ3) is 9.56. The maximum atomic E-state index is 12.0. The number of nitrogens with one attached hydrogen (secondary N) is 1. The fourth-order valence-electron chi connectivity index (χ4n) is 5.16. The molecule has 0 fully saturated rings. The van der Waals surface area contributed by atoms with Crippen molar-refractivity contribution in [2.45, 2.75) is 64.6 Å². The van der Waals surface area contributed by atoms with Crippen LogP contribution in [0.2, 0.25) is 10.0 Å². The minimum Gasteiger partial charge on any atom is -0.479 e. The number of aromatic nitrogens is 2. The van der Waals surface area contributed by atoms with E-state index < -0.39 is 17.0 Å². The van der Waals surface area contributed by atoms with Crippen LogP contribution in [0.1, 0.15) is 59.4 Å². The fraction of sp³-hybridized carbons (Fsp3) is 0.378.